The van der Waals surface area contributed by atoms with Crippen molar-refractivity contribution in [1.29, 1.82) is 0 Å². The van der Waals surface area contributed by atoms with Crippen molar-refractivity contribution in [2.75, 3.05) is 13.1 Å². The second-order valence-electron chi connectivity index (χ2n) is 5.82. The van der Waals surface area contributed by atoms with Gasteiger partial charge >= 0.3 is 5.63 Å². The lowest BCUT2D eigenvalue weighted by atomic mass is 10.1. The van der Waals surface area contributed by atoms with Crippen LogP contribution >= 0.6 is 0 Å². The van der Waals surface area contributed by atoms with Crippen LogP contribution in [0.5, 0.6) is 5.75 Å². The molecule has 1 aromatic carbocycles. The Morgan fingerprint density at radius 2 is 2.04 bits per heavy atom. The zero-order valence-corrected chi connectivity index (χ0v) is 13.2. The molecule has 2 heterocycles. The van der Waals surface area contributed by atoms with Crippen molar-refractivity contribution in [2.45, 2.75) is 26.4 Å². The first-order chi connectivity index (χ1) is 11.0. The molecule has 1 aliphatic rings. The summed E-state index contributed by atoms with van der Waals surface area (Å²) >= 11 is 0. The molecule has 0 spiro atoms. The van der Waals surface area contributed by atoms with Gasteiger partial charge in [0.1, 0.15) is 17.6 Å². The molecule has 120 valence electrons. The Hall–Kier alpha value is -2.56. The molecule has 5 heteroatoms. The van der Waals surface area contributed by atoms with E-state index in [2.05, 4.69) is 0 Å². The Morgan fingerprint density at radius 1 is 1.26 bits per heavy atom. The number of amides is 1. The highest BCUT2D eigenvalue weighted by Crippen LogP contribution is 2.20. The maximum Gasteiger partial charge on any atom is 0.339 e. The summed E-state index contributed by atoms with van der Waals surface area (Å²) in [5.41, 5.74) is 1.27. The Balaban J connectivity index is 1.68. The molecule has 5 nitrogen and oxygen atoms in total. The normalized spacial score (nSPS) is 17.3. The third-order valence-electron chi connectivity index (χ3n) is 3.98. The number of hydrogen-bond acceptors (Lipinski definition) is 4. The van der Waals surface area contributed by atoms with Gasteiger partial charge in [-0.3, -0.25) is 4.79 Å². The summed E-state index contributed by atoms with van der Waals surface area (Å²) in [7, 11) is 0. The Kier molecular flexibility index (Phi) is 4.19. The van der Waals surface area contributed by atoms with Crippen LogP contribution in [0.2, 0.25) is 0 Å². The SMILES string of the molecule is Cc1cc(OC2CCN(C(=O)c3ccccc3C)C2)cc(=O)o1. The molecule has 0 radical (unpaired) electrons. The van der Waals surface area contributed by atoms with E-state index in [0.717, 1.165) is 17.5 Å². The fourth-order valence-electron chi connectivity index (χ4n) is 2.83. The molecule has 1 aromatic heterocycles. The standard InChI is InChI=1S/C18H19NO4/c1-12-5-3-4-6-16(12)18(21)19-8-7-14(11-19)23-15-9-13(2)22-17(20)10-15/h3-6,9-10,14H,7-8,11H2,1-2H3. The van der Waals surface area contributed by atoms with Crippen LogP contribution in [0, 0.1) is 13.8 Å². The van der Waals surface area contributed by atoms with E-state index in [1.807, 2.05) is 31.2 Å². The monoisotopic (exact) mass is 313 g/mol. The average Bonchev–Trinajstić information content (AvgIpc) is 2.94. The molecular formula is C18H19NO4. The molecule has 1 saturated heterocycles. The van der Waals surface area contributed by atoms with E-state index < -0.39 is 5.63 Å². The number of carbonyl (C=O) groups is 1. The van der Waals surface area contributed by atoms with E-state index in [-0.39, 0.29) is 12.0 Å². The molecule has 0 aliphatic carbocycles. The first-order valence-electron chi connectivity index (χ1n) is 7.66. The van der Waals surface area contributed by atoms with Gasteiger partial charge in [0.2, 0.25) is 0 Å². The van der Waals surface area contributed by atoms with Gasteiger partial charge < -0.3 is 14.1 Å². The van der Waals surface area contributed by atoms with Crippen molar-refractivity contribution < 1.29 is 13.9 Å². The predicted molar refractivity (Wildman–Crippen MR) is 85.8 cm³/mol. The van der Waals surface area contributed by atoms with Crippen molar-refractivity contribution in [3.63, 3.8) is 0 Å². The molecule has 1 atom stereocenters. The van der Waals surface area contributed by atoms with Gasteiger partial charge in [-0.15, -0.1) is 0 Å². The lowest BCUT2D eigenvalue weighted by molar-refractivity contribution is 0.0771. The largest absolute Gasteiger partial charge is 0.488 e. The van der Waals surface area contributed by atoms with Crippen molar-refractivity contribution in [3.05, 3.63) is 63.7 Å². The van der Waals surface area contributed by atoms with E-state index in [0.29, 0.717) is 24.6 Å². The van der Waals surface area contributed by atoms with Gasteiger partial charge in [-0.2, -0.15) is 0 Å². The smallest absolute Gasteiger partial charge is 0.339 e. The summed E-state index contributed by atoms with van der Waals surface area (Å²) in [5, 5.41) is 0. The summed E-state index contributed by atoms with van der Waals surface area (Å²) in [6.07, 6.45) is 0.640. The number of nitrogens with zero attached hydrogens (tertiary/aromatic N) is 1. The first kappa shape index (κ1) is 15.3. The number of carbonyl (C=O) groups excluding carboxylic acids is 1. The lowest BCUT2D eigenvalue weighted by Gasteiger charge is -2.18. The van der Waals surface area contributed by atoms with Gasteiger partial charge in [0.05, 0.1) is 12.6 Å². The minimum Gasteiger partial charge on any atom is -0.488 e. The minimum absolute atomic E-state index is 0.0259. The second-order valence-corrected chi connectivity index (χ2v) is 5.82. The van der Waals surface area contributed by atoms with Crippen molar-refractivity contribution in [1.82, 2.24) is 4.90 Å². The van der Waals surface area contributed by atoms with Crippen molar-refractivity contribution in [3.8, 4) is 5.75 Å². The molecule has 2 aromatic rings. The molecule has 0 bridgehead atoms. The van der Waals surface area contributed by atoms with Crippen LogP contribution in [0.15, 0.2) is 45.6 Å². The number of ether oxygens (including phenoxy) is 1. The topological polar surface area (TPSA) is 59.8 Å². The van der Waals surface area contributed by atoms with Crippen LogP contribution in [-0.2, 0) is 0 Å². The molecule has 0 N–H and O–H groups in total. The summed E-state index contributed by atoms with van der Waals surface area (Å²) in [6.45, 7) is 4.81. The van der Waals surface area contributed by atoms with Crippen LogP contribution in [-0.4, -0.2) is 30.0 Å². The zero-order chi connectivity index (χ0) is 16.4. The fourth-order valence-corrected chi connectivity index (χ4v) is 2.83. The number of likely N-dealkylation sites (tertiary alicyclic amines) is 1. The minimum atomic E-state index is -0.425. The maximum absolute atomic E-state index is 12.6. The van der Waals surface area contributed by atoms with Crippen molar-refractivity contribution >= 4 is 5.91 Å². The highest BCUT2D eigenvalue weighted by molar-refractivity contribution is 5.95. The molecule has 23 heavy (non-hydrogen) atoms. The number of aryl methyl sites for hydroxylation is 2. The van der Waals surface area contributed by atoms with Crippen LogP contribution < -0.4 is 10.4 Å². The summed E-state index contributed by atoms with van der Waals surface area (Å²) < 4.78 is 10.7. The molecule has 3 rings (SSSR count). The van der Waals surface area contributed by atoms with Gasteiger partial charge in [-0.1, -0.05) is 18.2 Å². The van der Waals surface area contributed by atoms with Crippen LogP contribution in [0.4, 0.5) is 0 Å². The predicted octanol–water partition coefficient (Wildman–Crippen LogP) is 2.55. The van der Waals surface area contributed by atoms with Crippen molar-refractivity contribution in [2.24, 2.45) is 0 Å². The molecule has 0 saturated carbocycles. The highest BCUT2D eigenvalue weighted by atomic mass is 16.5. The Labute approximate surface area is 134 Å². The van der Waals surface area contributed by atoms with Gasteiger partial charge in [0.15, 0.2) is 0 Å². The summed E-state index contributed by atoms with van der Waals surface area (Å²) in [4.78, 5) is 25.7. The van der Waals surface area contributed by atoms with E-state index >= 15 is 0 Å². The average molecular weight is 313 g/mol. The summed E-state index contributed by atoms with van der Waals surface area (Å²) in [5.74, 6) is 1.03. The maximum atomic E-state index is 12.6. The third-order valence-corrected chi connectivity index (χ3v) is 3.98. The summed E-state index contributed by atoms with van der Waals surface area (Å²) in [6, 6.07) is 10.6. The third kappa shape index (κ3) is 3.44. The van der Waals surface area contributed by atoms with E-state index in [1.54, 1.807) is 17.9 Å². The van der Waals surface area contributed by atoms with Gasteiger partial charge in [-0.25, -0.2) is 4.79 Å². The zero-order valence-electron chi connectivity index (χ0n) is 13.2. The van der Waals surface area contributed by atoms with Gasteiger partial charge in [0, 0.05) is 24.6 Å². The quantitative estimate of drug-likeness (QED) is 0.874. The molecule has 1 aliphatic heterocycles. The Morgan fingerprint density at radius 3 is 2.78 bits per heavy atom. The van der Waals surface area contributed by atoms with Gasteiger partial charge in [0.25, 0.3) is 5.91 Å². The molecule has 1 fully saturated rings. The Bertz CT molecular complexity index is 781. The molecule has 1 amide bonds. The number of benzene rings is 1. The van der Waals surface area contributed by atoms with Gasteiger partial charge in [-0.05, 0) is 25.5 Å². The van der Waals surface area contributed by atoms with Crippen LogP contribution in [0.3, 0.4) is 0 Å². The second kappa shape index (κ2) is 6.28. The van der Waals surface area contributed by atoms with Crippen LogP contribution in [0.1, 0.15) is 28.1 Å². The van der Waals surface area contributed by atoms with E-state index in [9.17, 15) is 9.59 Å². The number of hydrogen-bond donors (Lipinski definition) is 0. The number of rotatable bonds is 3. The molecule has 1 unspecified atom stereocenters. The lowest BCUT2D eigenvalue weighted by Crippen LogP contribution is -2.31. The van der Waals surface area contributed by atoms with E-state index in [1.165, 1.54) is 6.07 Å². The fraction of sp³-hybridized carbons (Fsp3) is 0.333. The first-order valence-corrected chi connectivity index (χ1v) is 7.66. The van der Waals surface area contributed by atoms with E-state index in [4.69, 9.17) is 9.15 Å². The highest BCUT2D eigenvalue weighted by Gasteiger charge is 2.29. The van der Waals surface area contributed by atoms with Crippen LogP contribution in [0.25, 0.3) is 0 Å². The molecular weight excluding hydrogens is 294 g/mol.